The molecule has 6 nitrogen and oxygen atoms in total. The third-order valence-corrected chi connectivity index (χ3v) is 5.30. The molecule has 1 aromatic heterocycles. The molecule has 27 heavy (non-hydrogen) atoms. The Morgan fingerprint density at radius 1 is 1.07 bits per heavy atom. The Kier molecular flexibility index (Phi) is 6.53. The van der Waals surface area contributed by atoms with Crippen LogP contribution in [0.4, 0.5) is 10.5 Å². The number of likely N-dealkylation sites (tertiary alicyclic amines) is 1. The van der Waals surface area contributed by atoms with Crippen molar-refractivity contribution >= 4 is 40.8 Å². The van der Waals surface area contributed by atoms with E-state index in [1.807, 2.05) is 4.90 Å². The van der Waals surface area contributed by atoms with Gasteiger partial charge in [0, 0.05) is 43.3 Å². The molecular weight excluding hydrogens is 387 g/mol. The van der Waals surface area contributed by atoms with Gasteiger partial charge in [-0.15, -0.1) is 0 Å². The van der Waals surface area contributed by atoms with Crippen molar-refractivity contribution in [3.8, 4) is 0 Å². The van der Waals surface area contributed by atoms with E-state index in [0.29, 0.717) is 46.8 Å². The molecule has 2 aromatic rings. The summed E-state index contributed by atoms with van der Waals surface area (Å²) in [4.78, 5) is 30.2. The molecule has 0 unspecified atom stereocenters. The van der Waals surface area contributed by atoms with Crippen molar-refractivity contribution in [2.24, 2.45) is 5.92 Å². The normalized spacial score (nSPS) is 14.7. The molecule has 0 bridgehead atoms. The van der Waals surface area contributed by atoms with Crippen LogP contribution in [0.1, 0.15) is 23.2 Å². The summed E-state index contributed by atoms with van der Waals surface area (Å²) in [6, 6.07) is 8.09. The van der Waals surface area contributed by atoms with Gasteiger partial charge in [0.2, 0.25) is 0 Å². The van der Waals surface area contributed by atoms with Crippen molar-refractivity contribution < 1.29 is 9.59 Å². The Hall–Kier alpha value is -2.31. The van der Waals surface area contributed by atoms with Crippen molar-refractivity contribution in [2.75, 3.05) is 25.0 Å². The topological polar surface area (TPSA) is 74.3 Å². The molecule has 0 saturated carbocycles. The van der Waals surface area contributed by atoms with Gasteiger partial charge in [-0.2, -0.15) is 0 Å². The molecule has 1 fully saturated rings. The highest BCUT2D eigenvalue weighted by molar-refractivity contribution is 6.42. The molecule has 1 aliphatic heterocycles. The predicted octanol–water partition coefficient (Wildman–Crippen LogP) is 4.06. The highest BCUT2D eigenvalue weighted by Gasteiger charge is 2.23. The van der Waals surface area contributed by atoms with Crippen molar-refractivity contribution in [2.45, 2.75) is 12.8 Å². The minimum absolute atomic E-state index is 0.0289. The lowest BCUT2D eigenvalue weighted by atomic mass is 9.96. The smallest absolute Gasteiger partial charge is 0.319 e. The van der Waals surface area contributed by atoms with Gasteiger partial charge in [-0.1, -0.05) is 23.2 Å². The number of rotatable bonds is 4. The molecule has 1 aromatic carbocycles. The van der Waals surface area contributed by atoms with Crippen LogP contribution in [0.15, 0.2) is 42.7 Å². The summed E-state index contributed by atoms with van der Waals surface area (Å²) in [6.45, 7) is 1.92. The average molecular weight is 407 g/mol. The number of urea groups is 1. The van der Waals surface area contributed by atoms with Gasteiger partial charge >= 0.3 is 6.03 Å². The molecular formula is C19H20Cl2N4O2. The molecule has 0 spiro atoms. The van der Waals surface area contributed by atoms with E-state index in [2.05, 4.69) is 15.6 Å². The van der Waals surface area contributed by atoms with Crippen LogP contribution in [0.3, 0.4) is 0 Å². The third-order valence-electron chi connectivity index (χ3n) is 4.56. The molecule has 3 rings (SSSR count). The number of aromatic nitrogens is 1. The minimum Gasteiger partial charge on any atom is -0.339 e. The van der Waals surface area contributed by atoms with Crippen LogP contribution in [0, 0.1) is 5.92 Å². The summed E-state index contributed by atoms with van der Waals surface area (Å²) < 4.78 is 0. The van der Waals surface area contributed by atoms with Gasteiger partial charge < -0.3 is 15.5 Å². The van der Waals surface area contributed by atoms with Crippen LogP contribution in [0.25, 0.3) is 0 Å². The van der Waals surface area contributed by atoms with E-state index in [-0.39, 0.29) is 11.9 Å². The molecule has 142 valence electrons. The lowest BCUT2D eigenvalue weighted by Gasteiger charge is -2.32. The van der Waals surface area contributed by atoms with Crippen LogP contribution in [0.5, 0.6) is 0 Å². The molecule has 8 heteroatoms. The number of pyridine rings is 1. The molecule has 0 atom stereocenters. The fraction of sp³-hybridized carbons (Fsp3) is 0.316. The molecule has 1 saturated heterocycles. The summed E-state index contributed by atoms with van der Waals surface area (Å²) in [6.07, 6.45) is 4.94. The maximum atomic E-state index is 12.4. The maximum Gasteiger partial charge on any atom is 0.319 e. The Morgan fingerprint density at radius 3 is 2.44 bits per heavy atom. The summed E-state index contributed by atoms with van der Waals surface area (Å²) in [5, 5.41) is 6.44. The van der Waals surface area contributed by atoms with E-state index in [4.69, 9.17) is 23.2 Å². The first-order valence-corrected chi connectivity index (χ1v) is 9.47. The van der Waals surface area contributed by atoms with Gasteiger partial charge in [0.25, 0.3) is 5.91 Å². The van der Waals surface area contributed by atoms with Crippen molar-refractivity contribution in [1.82, 2.24) is 15.2 Å². The number of carbonyl (C=O) groups is 2. The Bertz CT molecular complexity index is 809. The Morgan fingerprint density at radius 2 is 1.78 bits per heavy atom. The van der Waals surface area contributed by atoms with Crippen LogP contribution in [-0.2, 0) is 0 Å². The van der Waals surface area contributed by atoms with Crippen LogP contribution >= 0.6 is 23.2 Å². The molecule has 0 aliphatic carbocycles. The first-order chi connectivity index (χ1) is 13.0. The number of carbonyl (C=O) groups excluding carboxylic acids is 2. The summed E-state index contributed by atoms with van der Waals surface area (Å²) >= 11 is 11.8. The third kappa shape index (κ3) is 5.34. The van der Waals surface area contributed by atoms with E-state index in [1.54, 1.807) is 42.7 Å². The number of benzene rings is 1. The quantitative estimate of drug-likeness (QED) is 0.803. The monoisotopic (exact) mass is 406 g/mol. The molecule has 2 heterocycles. The van der Waals surface area contributed by atoms with Gasteiger partial charge in [-0.3, -0.25) is 9.78 Å². The molecule has 1 aliphatic rings. The highest BCUT2D eigenvalue weighted by atomic mass is 35.5. The lowest BCUT2D eigenvalue weighted by molar-refractivity contribution is 0.0690. The van der Waals surface area contributed by atoms with Crippen molar-refractivity contribution in [3.05, 3.63) is 58.3 Å². The Balaban J connectivity index is 1.42. The van der Waals surface area contributed by atoms with Crippen LogP contribution in [0.2, 0.25) is 10.0 Å². The highest BCUT2D eigenvalue weighted by Crippen LogP contribution is 2.25. The number of nitrogens with zero attached hydrogens (tertiary/aromatic N) is 2. The second-order valence-electron chi connectivity index (χ2n) is 6.44. The van der Waals surface area contributed by atoms with Gasteiger partial charge in [0.05, 0.1) is 10.0 Å². The zero-order chi connectivity index (χ0) is 19.2. The summed E-state index contributed by atoms with van der Waals surface area (Å²) in [5.74, 6) is 0.368. The first kappa shape index (κ1) is 19.5. The SMILES string of the molecule is O=C(NCC1CCN(C(=O)c2ccncc2)CC1)Nc1ccc(Cl)c(Cl)c1. The number of hydrogen-bond donors (Lipinski definition) is 2. The fourth-order valence-corrected chi connectivity index (χ4v) is 3.30. The Labute approximate surface area is 167 Å². The van der Waals surface area contributed by atoms with Crippen molar-refractivity contribution in [1.29, 1.82) is 0 Å². The molecule has 2 N–H and O–H groups in total. The van der Waals surface area contributed by atoms with E-state index in [9.17, 15) is 9.59 Å². The zero-order valence-corrected chi connectivity index (χ0v) is 16.1. The van der Waals surface area contributed by atoms with Gasteiger partial charge in [-0.25, -0.2) is 4.79 Å². The van der Waals surface area contributed by atoms with Gasteiger partial charge in [-0.05, 0) is 49.1 Å². The van der Waals surface area contributed by atoms with Gasteiger partial charge in [0.1, 0.15) is 0 Å². The zero-order valence-electron chi connectivity index (χ0n) is 14.6. The molecule has 0 radical (unpaired) electrons. The second kappa shape index (κ2) is 9.06. The predicted molar refractivity (Wildman–Crippen MR) is 106 cm³/mol. The fourth-order valence-electron chi connectivity index (χ4n) is 3.00. The van der Waals surface area contributed by atoms with Crippen LogP contribution in [-0.4, -0.2) is 41.5 Å². The van der Waals surface area contributed by atoms with E-state index >= 15 is 0 Å². The van der Waals surface area contributed by atoms with Crippen LogP contribution < -0.4 is 10.6 Å². The largest absolute Gasteiger partial charge is 0.339 e. The number of hydrogen-bond acceptors (Lipinski definition) is 3. The second-order valence-corrected chi connectivity index (χ2v) is 7.25. The summed E-state index contributed by atoms with van der Waals surface area (Å²) in [5.41, 5.74) is 1.24. The lowest BCUT2D eigenvalue weighted by Crippen LogP contribution is -2.42. The van der Waals surface area contributed by atoms with Crippen molar-refractivity contribution in [3.63, 3.8) is 0 Å². The number of anilines is 1. The number of piperidine rings is 1. The maximum absolute atomic E-state index is 12.4. The average Bonchev–Trinajstić information content (AvgIpc) is 2.70. The van der Waals surface area contributed by atoms with Gasteiger partial charge in [0.15, 0.2) is 0 Å². The van der Waals surface area contributed by atoms with E-state index in [1.165, 1.54) is 0 Å². The standard InChI is InChI=1S/C19H20Cl2N4O2/c20-16-2-1-15(11-17(16)21)24-19(27)23-12-13-5-9-25(10-6-13)18(26)14-3-7-22-8-4-14/h1-4,7-8,11,13H,5-6,9-10,12H2,(H2,23,24,27). The number of amides is 3. The minimum atomic E-state index is -0.288. The first-order valence-electron chi connectivity index (χ1n) is 8.72. The van der Waals surface area contributed by atoms with E-state index in [0.717, 1.165) is 12.8 Å². The summed E-state index contributed by atoms with van der Waals surface area (Å²) in [7, 11) is 0. The number of nitrogens with one attached hydrogen (secondary N) is 2. The molecule has 3 amide bonds. The number of halogens is 2. The van der Waals surface area contributed by atoms with E-state index < -0.39 is 0 Å².